The number of urea groups is 1. The number of carbonyl (C=O) groups excluding carboxylic acids is 1. The van der Waals surface area contributed by atoms with Crippen LogP contribution in [0.1, 0.15) is 29.5 Å². The third-order valence-corrected chi connectivity index (χ3v) is 3.98. The Morgan fingerprint density at radius 1 is 1.18 bits per heavy atom. The van der Waals surface area contributed by atoms with Crippen LogP contribution >= 0.6 is 0 Å². The highest BCUT2D eigenvalue weighted by molar-refractivity contribution is 5.73. The largest absolute Gasteiger partial charge is 0.388 e. The van der Waals surface area contributed by atoms with Crippen LogP contribution in [0.4, 0.5) is 4.79 Å². The Kier molecular flexibility index (Phi) is 5.80. The average Bonchev–Trinajstić information content (AvgIpc) is 2.45. The van der Waals surface area contributed by atoms with E-state index < -0.39 is 5.60 Å². The van der Waals surface area contributed by atoms with Crippen LogP contribution in [0.25, 0.3) is 0 Å². The lowest BCUT2D eigenvalue weighted by molar-refractivity contribution is -0.0600. The summed E-state index contributed by atoms with van der Waals surface area (Å²) in [4.78, 5) is 11.8. The van der Waals surface area contributed by atoms with E-state index in [9.17, 15) is 9.90 Å². The fourth-order valence-electron chi connectivity index (χ4n) is 2.77. The number of hydrogen-bond acceptors (Lipinski definition) is 3. The lowest BCUT2D eigenvalue weighted by atomic mass is 9.94. The van der Waals surface area contributed by atoms with E-state index in [0.29, 0.717) is 32.6 Å². The van der Waals surface area contributed by atoms with Crippen molar-refractivity contribution in [3.8, 4) is 0 Å². The second kappa shape index (κ2) is 7.61. The molecule has 0 radical (unpaired) electrons. The highest BCUT2D eigenvalue weighted by atomic mass is 16.5. The molecule has 1 saturated heterocycles. The summed E-state index contributed by atoms with van der Waals surface area (Å²) < 4.78 is 5.22. The van der Waals surface area contributed by atoms with Crippen LogP contribution in [0.3, 0.4) is 0 Å². The van der Waals surface area contributed by atoms with Crippen LogP contribution in [0, 0.1) is 13.8 Å². The van der Waals surface area contributed by atoms with Crippen LogP contribution in [0.15, 0.2) is 18.2 Å². The van der Waals surface area contributed by atoms with E-state index in [2.05, 4.69) is 42.7 Å². The third kappa shape index (κ3) is 5.31. The zero-order valence-corrected chi connectivity index (χ0v) is 13.4. The number of amides is 2. The molecular weight excluding hydrogens is 280 g/mol. The first kappa shape index (κ1) is 16.8. The van der Waals surface area contributed by atoms with Gasteiger partial charge in [0.05, 0.1) is 5.60 Å². The Morgan fingerprint density at radius 2 is 1.82 bits per heavy atom. The van der Waals surface area contributed by atoms with E-state index in [-0.39, 0.29) is 12.6 Å². The molecule has 2 amide bonds. The minimum atomic E-state index is -0.830. The maximum atomic E-state index is 11.8. The normalized spacial score (nSPS) is 17.0. The lowest BCUT2D eigenvalue weighted by Crippen LogP contribution is -2.49. The predicted molar refractivity (Wildman–Crippen MR) is 86.0 cm³/mol. The number of ether oxygens (including phenoxy) is 1. The van der Waals surface area contributed by atoms with Gasteiger partial charge in [0.1, 0.15) is 0 Å². The molecule has 1 aliphatic heterocycles. The van der Waals surface area contributed by atoms with E-state index in [4.69, 9.17) is 4.74 Å². The van der Waals surface area contributed by atoms with Gasteiger partial charge in [-0.2, -0.15) is 0 Å². The number of rotatable bonds is 5. The molecule has 5 heteroatoms. The summed E-state index contributed by atoms with van der Waals surface area (Å²) in [6.07, 6.45) is 1.93. The van der Waals surface area contributed by atoms with Gasteiger partial charge in [-0.1, -0.05) is 29.3 Å². The lowest BCUT2D eigenvalue weighted by Gasteiger charge is -2.32. The fraction of sp³-hybridized carbons (Fsp3) is 0.588. The van der Waals surface area contributed by atoms with Gasteiger partial charge in [0.2, 0.25) is 0 Å². The van der Waals surface area contributed by atoms with Gasteiger partial charge < -0.3 is 20.5 Å². The fourth-order valence-corrected chi connectivity index (χ4v) is 2.77. The van der Waals surface area contributed by atoms with E-state index in [1.807, 2.05) is 0 Å². The summed E-state index contributed by atoms with van der Waals surface area (Å²) in [5.41, 5.74) is 2.87. The van der Waals surface area contributed by atoms with Crippen molar-refractivity contribution in [2.45, 2.75) is 38.7 Å². The average molecular weight is 306 g/mol. The number of nitrogens with one attached hydrogen (secondary N) is 2. The number of benzene rings is 1. The summed E-state index contributed by atoms with van der Waals surface area (Å²) in [7, 11) is 0. The molecule has 0 atom stereocenters. The second-order valence-electron chi connectivity index (χ2n) is 6.19. The standard InChI is InChI=1S/C17H26N2O3/c1-13-9-14(2)11-15(10-13)3-6-18-16(20)19-12-17(21)4-7-22-8-5-17/h9-11,21H,3-8,12H2,1-2H3,(H2,18,19,20). The number of hydrogen-bond donors (Lipinski definition) is 3. The van der Waals surface area contributed by atoms with Gasteiger partial charge in [-0.25, -0.2) is 4.79 Å². The molecule has 1 fully saturated rings. The van der Waals surface area contributed by atoms with Crippen molar-refractivity contribution in [1.29, 1.82) is 0 Å². The van der Waals surface area contributed by atoms with Crippen molar-refractivity contribution in [3.05, 3.63) is 34.9 Å². The molecule has 0 bridgehead atoms. The Hall–Kier alpha value is -1.59. The quantitative estimate of drug-likeness (QED) is 0.775. The summed E-state index contributed by atoms with van der Waals surface area (Å²) >= 11 is 0. The Bertz CT molecular complexity index is 490. The summed E-state index contributed by atoms with van der Waals surface area (Å²) in [6, 6.07) is 6.18. The zero-order valence-electron chi connectivity index (χ0n) is 13.4. The van der Waals surface area contributed by atoms with Crippen LogP contribution in [0.2, 0.25) is 0 Å². The van der Waals surface area contributed by atoms with Gasteiger partial charge in [0.25, 0.3) is 0 Å². The molecule has 0 aromatic heterocycles. The van der Waals surface area contributed by atoms with Crippen molar-refractivity contribution >= 4 is 6.03 Å². The van der Waals surface area contributed by atoms with Crippen LogP contribution < -0.4 is 10.6 Å². The summed E-state index contributed by atoms with van der Waals surface area (Å²) in [5, 5.41) is 15.8. The predicted octanol–water partition coefficient (Wildman–Crippen LogP) is 1.69. The molecule has 0 aliphatic carbocycles. The molecule has 0 unspecified atom stereocenters. The van der Waals surface area contributed by atoms with E-state index in [1.165, 1.54) is 16.7 Å². The molecule has 1 heterocycles. The second-order valence-corrected chi connectivity index (χ2v) is 6.19. The SMILES string of the molecule is Cc1cc(C)cc(CCNC(=O)NCC2(O)CCOCC2)c1. The molecule has 1 aliphatic rings. The molecule has 5 nitrogen and oxygen atoms in total. The Labute approximate surface area is 132 Å². The monoisotopic (exact) mass is 306 g/mol. The first-order valence-corrected chi connectivity index (χ1v) is 7.86. The molecule has 1 aromatic carbocycles. The topological polar surface area (TPSA) is 70.6 Å². The maximum absolute atomic E-state index is 11.8. The molecular formula is C17H26N2O3. The van der Waals surface area contributed by atoms with Gasteiger partial charge in [0.15, 0.2) is 0 Å². The minimum absolute atomic E-state index is 0.232. The van der Waals surface area contributed by atoms with Crippen molar-refractivity contribution in [2.75, 3.05) is 26.3 Å². The Balaban J connectivity index is 1.69. The highest BCUT2D eigenvalue weighted by Crippen LogP contribution is 2.19. The molecule has 22 heavy (non-hydrogen) atoms. The first-order valence-electron chi connectivity index (χ1n) is 7.86. The number of carbonyl (C=O) groups is 1. The molecule has 0 spiro atoms. The van der Waals surface area contributed by atoms with Crippen molar-refractivity contribution < 1.29 is 14.6 Å². The van der Waals surface area contributed by atoms with Gasteiger partial charge in [0, 0.05) is 39.1 Å². The van der Waals surface area contributed by atoms with Crippen LogP contribution in [0.5, 0.6) is 0 Å². The molecule has 0 saturated carbocycles. The molecule has 122 valence electrons. The smallest absolute Gasteiger partial charge is 0.314 e. The van der Waals surface area contributed by atoms with Crippen LogP contribution in [-0.2, 0) is 11.2 Å². The van der Waals surface area contributed by atoms with E-state index in [0.717, 1.165) is 6.42 Å². The van der Waals surface area contributed by atoms with Crippen molar-refractivity contribution in [1.82, 2.24) is 10.6 Å². The maximum Gasteiger partial charge on any atom is 0.314 e. The van der Waals surface area contributed by atoms with Crippen LogP contribution in [-0.4, -0.2) is 43.0 Å². The zero-order chi connectivity index (χ0) is 16.0. The van der Waals surface area contributed by atoms with Crippen molar-refractivity contribution in [3.63, 3.8) is 0 Å². The van der Waals surface area contributed by atoms with Gasteiger partial charge in [-0.3, -0.25) is 0 Å². The minimum Gasteiger partial charge on any atom is -0.388 e. The van der Waals surface area contributed by atoms with E-state index in [1.54, 1.807) is 0 Å². The van der Waals surface area contributed by atoms with E-state index >= 15 is 0 Å². The first-order chi connectivity index (χ1) is 10.5. The summed E-state index contributed by atoms with van der Waals surface area (Å²) in [5.74, 6) is 0. The van der Waals surface area contributed by atoms with Crippen molar-refractivity contribution in [2.24, 2.45) is 0 Å². The Morgan fingerprint density at radius 3 is 2.45 bits per heavy atom. The highest BCUT2D eigenvalue weighted by Gasteiger charge is 2.29. The third-order valence-electron chi connectivity index (χ3n) is 3.98. The van der Waals surface area contributed by atoms with Gasteiger partial charge in [-0.05, 0) is 25.8 Å². The molecule has 1 aromatic rings. The number of aryl methyl sites for hydroxylation is 2. The summed E-state index contributed by atoms with van der Waals surface area (Å²) in [6.45, 7) is 6.09. The number of aliphatic hydroxyl groups is 1. The van der Waals surface area contributed by atoms with Gasteiger partial charge in [-0.15, -0.1) is 0 Å². The molecule has 3 N–H and O–H groups in total. The molecule has 2 rings (SSSR count). The van der Waals surface area contributed by atoms with Gasteiger partial charge >= 0.3 is 6.03 Å².